The van der Waals surface area contributed by atoms with Crippen LogP contribution in [0.15, 0.2) is 47.1 Å². The monoisotopic (exact) mass is 413 g/mol. The third kappa shape index (κ3) is 6.35. The lowest BCUT2D eigenvalue weighted by atomic mass is 10.1. The van der Waals surface area contributed by atoms with Crippen molar-refractivity contribution in [1.82, 2.24) is 10.2 Å². The van der Waals surface area contributed by atoms with Crippen LogP contribution in [0.4, 0.5) is 10.5 Å². The molecule has 1 aliphatic heterocycles. The highest BCUT2D eigenvalue weighted by atomic mass is 16.6. The number of hydrogen-bond donors (Lipinski definition) is 2. The molecule has 2 aromatic rings. The van der Waals surface area contributed by atoms with E-state index in [9.17, 15) is 9.59 Å². The van der Waals surface area contributed by atoms with Gasteiger partial charge in [-0.25, -0.2) is 4.79 Å². The molecule has 1 aromatic heterocycles. The molecule has 7 heteroatoms. The Labute approximate surface area is 177 Å². The van der Waals surface area contributed by atoms with Gasteiger partial charge in [0, 0.05) is 17.8 Å². The molecule has 0 aliphatic carbocycles. The standard InChI is InChI=1S/C23H31N3O4/c1-23(2,3)30-22(28)25-18-11-9-17(10-12-18)21(27)24-16-19(20-8-7-15-29-20)26-13-5-4-6-14-26/h7-12,15,19H,4-6,13-14,16H2,1-3H3,(H,24,27)(H,25,28)/t19-/m0/s1. The van der Waals surface area contributed by atoms with Crippen molar-refractivity contribution in [3.8, 4) is 0 Å². The minimum Gasteiger partial charge on any atom is -0.468 e. The van der Waals surface area contributed by atoms with E-state index in [-0.39, 0.29) is 11.9 Å². The van der Waals surface area contributed by atoms with E-state index in [0.29, 0.717) is 17.8 Å². The van der Waals surface area contributed by atoms with Gasteiger partial charge in [-0.15, -0.1) is 0 Å². The number of piperidine rings is 1. The molecule has 7 nitrogen and oxygen atoms in total. The van der Waals surface area contributed by atoms with Crippen LogP contribution >= 0.6 is 0 Å². The fourth-order valence-corrected chi connectivity index (χ4v) is 3.54. The van der Waals surface area contributed by atoms with Crippen molar-refractivity contribution in [2.24, 2.45) is 0 Å². The molecule has 0 saturated carbocycles. The van der Waals surface area contributed by atoms with E-state index in [1.165, 1.54) is 6.42 Å². The SMILES string of the molecule is CC(C)(C)OC(=O)Nc1ccc(C(=O)NC[C@@H](c2ccco2)N2CCCCC2)cc1. The van der Waals surface area contributed by atoms with Crippen LogP contribution in [-0.2, 0) is 4.74 Å². The van der Waals surface area contributed by atoms with Gasteiger partial charge in [-0.05, 0) is 83.1 Å². The molecule has 2 N–H and O–H groups in total. The van der Waals surface area contributed by atoms with Gasteiger partial charge in [-0.2, -0.15) is 0 Å². The van der Waals surface area contributed by atoms with Gasteiger partial charge in [0.25, 0.3) is 5.91 Å². The smallest absolute Gasteiger partial charge is 0.412 e. The normalized spacial score (nSPS) is 16.0. The highest BCUT2D eigenvalue weighted by molar-refractivity contribution is 5.95. The first-order valence-electron chi connectivity index (χ1n) is 10.5. The Balaban J connectivity index is 1.57. The Morgan fingerprint density at radius 3 is 2.40 bits per heavy atom. The summed E-state index contributed by atoms with van der Waals surface area (Å²) >= 11 is 0. The molecule has 1 aromatic carbocycles. The van der Waals surface area contributed by atoms with Crippen LogP contribution in [0.3, 0.4) is 0 Å². The fraction of sp³-hybridized carbons (Fsp3) is 0.478. The van der Waals surface area contributed by atoms with Crippen LogP contribution in [-0.4, -0.2) is 42.1 Å². The van der Waals surface area contributed by atoms with E-state index in [2.05, 4.69) is 15.5 Å². The fourth-order valence-electron chi connectivity index (χ4n) is 3.54. The number of nitrogens with zero attached hydrogens (tertiary/aromatic N) is 1. The van der Waals surface area contributed by atoms with E-state index < -0.39 is 11.7 Å². The summed E-state index contributed by atoms with van der Waals surface area (Å²) in [7, 11) is 0. The van der Waals surface area contributed by atoms with Crippen molar-refractivity contribution in [2.75, 3.05) is 25.0 Å². The average molecular weight is 414 g/mol. The Kier molecular flexibility index (Phi) is 7.15. The molecular weight excluding hydrogens is 382 g/mol. The summed E-state index contributed by atoms with van der Waals surface area (Å²) in [6.07, 6.45) is 4.72. The molecule has 30 heavy (non-hydrogen) atoms. The number of benzene rings is 1. The lowest BCUT2D eigenvalue weighted by Gasteiger charge is -2.33. The zero-order chi connectivity index (χ0) is 21.6. The van der Waals surface area contributed by atoms with Gasteiger partial charge in [0.2, 0.25) is 0 Å². The van der Waals surface area contributed by atoms with Gasteiger partial charge in [0.15, 0.2) is 0 Å². The molecular formula is C23H31N3O4. The first-order chi connectivity index (χ1) is 14.3. The molecule has 1 saturated heterocycles. The zero-order valence-corrected chi connectivity index (χ0v) is 17.9. The summed E-state index contributed by atoms with van der Waals surface area (Å²) in [4.78, 5) is 26.9. The number of carbonyl (C=O) groups is 2. The summed E-state index contributed by atoms with van der Waals surface area (Å²) in [5, 5.41) is 5.69. The lowest BCUT2D eigenvalue weighted by Crippen LogP contribution is -2.40. The van der Waals surface area contributed by atoms with E-state index in [0.717, 1.165) is 31.7 Å². The summed E-state index contributed by atoms with van der Waals surface area (Å²) in [5.74, 6) is 0.710. The van der Waals surface area contributed by atoms with Gasteiger partial charge < -0.3 is 14.5 Å². The second-order valence-electron chi connectivity index (χ2n) is 8.54. The molecule has 0 unspecified atom stereocenters. The number of amides is 2. The van der Waals surface area contributed by atoms with E-state index in [4.69, 9.17) is 9.15 Å². The Hall–Kier alpha value is -2.80. The second-order valence-corrected chi connectivity index (χ2v) is 8.54. The van der Waals surface area contributed by atoms with Crippen molar-refractivity contribution in [3.63, 3.8) is 0 Å². The number of rotatable bonds is 6. The minimum absolute atomic E-state index is 0.0253. The summed E-state index contributed by atoms with van der Waals surface area (Å²) < 4.78 is 10.9. The number of furan rings is 1. The molecule has 0 radical (unpaired) electrons. The quantitative estimate of drug-likeness (QED) is 0.724. The Bertz CT molecular complexity index is 819. The van der Waals surface area contributed by atoms with Crippen molar-refractivity contribution in [1.29, 1.82) is 0 Å². The predicted octanol–water partition coefficient (Wildman–Crippen LogP) is 4.58. The van der Waals surface area contributed by atoms with Crippen molar-refractivity contribution < 1.29 is 18.7 Å². The van der Waals surface area contributed by atoms with Crippen molar-refractivity contribution in [2.45, 2.75) is 51.7 Å². The number of nitrogens with one attached hydrogen (secondary N) is 2. The number of hydrogen-bond acceptors (Lipinski definition) is 5. The van der Waals surface area contributed by atoms with E-state index in [1.54, 1.807) is 51.3 Å². The molecule has 0 spiro atoms. The maximum absolute atomic E-state index is 12.7. The van der Waals surface area contributed by atoms with Gasteiger partial charge >= 0.3 is 6.09 Å². The number of carbonyl (C=O) groups excluding carboxylic acids is 2. The maximum atomic E-state index is 12.7. The van der Waals surface area contributed by atoms with Crippen LogP contribution in [0.25, 0.3) is 0 Å². The van der Waals surface area contributed by atoms with E-state index >= 15 is 0 Å². The number of anilines is 1. The van der Waals surface area contributed by atoms with Crippen LogP contribution in [0.5, 0.6) is 0 Å². The molecule has 162 valence electrons. The van der Waals surface area contributed by atoms with Gasteiger partial charge in [-0.3, -0.25) is 15.0 Å². The molecule has 3 rings (SSSR count). The highest BCUT2D eigenvalue weighted by Gasteiger charge is 2.25. The Morgan fingerprint density at radius 1 is 1.10 bits per heavy atom. The first-order valence-corrected chi connectivity index (χ1v) is 10.5. The summed E-state index contributed by atoms with van der Waals surface area (Å²) in [6, 6.07) is 10.6. The van der Waals surface area contributed by atoms with Gasteiger partial charge in [0.1, 0.15) is 11.4 Å². The summed E-state index contributed by atoms with van der Waals surface area (Å²) in [6.45, 7) is 7.91. The first kappa shape index (κ1) is 21.9. The van der Waals surface area contributed by atoms with Crippen molar-refractivity contribution >= 4 is 17.7 Å². The minimum atomic E-state index is -0.567. The molecule has 0 bridgehead atoms. The molecule has 2 amide bonds. The average Bonchev–Trinajstić information content (AvgIpc) is 3.22. The third-order valence-electron chi connectivity index (χ3n) is 4.95. The van der Waals surface area contributed by atoms with Gasteiger partial charge in [0.05, 0.1) is 12.3 Å². The molecule has 1 aliphatic rings. The Morgan fingerprint density at radius 2 is 1.80 bits per heavy atom. The third-order valence-corrected chi connectivity index (χ3v) is 4.95. The number of likely N-dealkylation sites (tertiary alicyclic amines) is 1. The van der Waals surface area contributed by atoms with Crippen LogP contribution in [0.1, 0.15) is 62.2 Å². The molecule has 1 fully saturated rings. The second kappa shape index (κ2) is 9.80. The number of ether oxygens (including phenoxy) is 1. The van der Waals surface area contributed by atoms with Crippen LogP contribution < -0.4 is 10.6 Å². The largest absolute Gasteiger partial charge is 0.468 e. The lowest BCUT2D eigenvalue weighted by molar-refractivity contribution is 0.0635. The maximum Gasteiger partial charge on any atom is 0.412 e. The predicted molar refractivity (Wildman–Crippen MR) is 116 cm³/mol. The highest BCUT2D eigenvalue weighted by Crippen LogP contribution is 2.24. The van der Waals surface area contributed by atoms with E-state index in [1.807, 2.05) is 12.1 Å². The van der Waals surface area contributed by atoms with Crippen LogP contribution in [0.2, 0.25) is 0 Å². The van der Waals surface area contributed by atoms with Crippen LogP contribution in [0, 0.1) is 0 Å². The molecule has 1 atom stereocenters. The zero-order valence-electron chi connectivity index (χ0n) is 17.9. The molecule has 2 heterocycles. The van der Waals surface area contributed by atoms with Gasteiger partial charge in [-0.1, -0.05) is 6.42 Å². The summed E-state index contributed by atoms with van der Waals surface area (Å²) in [5.41, 5.74) is 0.534. The van der Waals surface area contributed by atoms with Crippen molar-refractivity contribution in [3.05, 3.63) is 54.0 Å². The topological polar surface area (TPSA) is 83.8 Å².